The lowest BCUT2D eigenvalue weighted by molar-refractivity contribution is -0.131. The fourth-order valence-corrected chi connectivity index (χ4v) is 2.32. The minimum Gasteiger partial charge on any atom is -0.338 e. The summed E-state index contributed by atoms with van der Waals surface area (Å²) >= 11 is 0. The molecule has 0 atom stereocenters. The number of rotatable bonds is 3. The van der Waals surface area contributed by atoms with Crippen LogP contribution in [0.15, 0.2) is 24.3 Å². The third kappa shape index (κ3) is 3.07. The molecule has 17 heavy (non-hydrogen) atoms. The smallest absolute Gasteiger partial charge is 0.222 e. The molecule has 0 aliphatic carbocycles. The van der Waals surface area contributed by atoms with Crippen LogP contribution in [0, 0.1) is 0 Å². The van der Waals surface area contributed by atoms with Crippen LogP contribution < -0.4 is 5.73 Å². The van der Waals surface area contributed by atoms with Gasteiger partial charge < -0.3 is 10.6 Å². The molecule has 0 bridgehead atoms. The average Bonchev–Trinajstić information content (AvgIpc) is 2.58. The highest BCUT2D eigenvalue weighted by molar-refractivity contribution is 5.76. The molecule has 0 saturated carbocycles. The van der Waals surface area contributed by atoms with E-state index in [1.165, 1.54) is 11.1 Å². The van der Waals surface area contributed by atoms with Crippen LogP contribution >= 0.6 is 0 Å². The lowest BCUT2D eigenvalue weighted by atomic mass is 10.0. The van der Waals surface area contributed by atoms with E-state index < -0.39 is 0 Å². The van der Waals surface area contributed by atoms with Crippen LogP contribution in [0.3, 0.4) is 0 Å². The van der Waals surface area contributed by atoms with Crippen molar-refractivity contribution in [2.75, 3.05) is 13.1 Å². The average molecular weight is 232 g/mol. The lowest BCUT2D eigenvalue weighted by Crippen LogP contribution is -2.30. The highest BCUT2D eigenvalue weighted by atomic mass is 16.2. The van der Waals surface area contributed by atoms with Crippen LogP contribution in [0.1, 0.15) is 30.4 Å². The maximum atomic E-state index is 12.0. The van der Waals surface area contributed by atoms with Crippen LogP contribution in [0.5, 0.6) is 0 Å². The standard InChI is InChI=1S/C14H20N2O/c15-9-3-8-14(17)16-10-4-7-12-5-1-2-6-13(12)11-16/h1-2,5-6H,3-4,7-11,15H2. The highest BCUT2D eigenvalue weighted by Crippen LogP contribution is 2.18. The number of amides is 1. The van der Waals surface area contributed by atoms with Crippen LogP contribution in [0.4, 0.5) is 0 Å². The molecule has 0 radical (unpaired) electrons. The molecule has 0 fully saturated rings. The molecule has 3 nitrogen and oxygen atoms in total. The molecule has 1 heterocycles. The van der Waals surface area contributed by atoms with Crippen molar-refractivity contribution in [3.8, 4) is 0 Å². The van der Waals surface area contributed by atoms with Gasteiger partial charge in [0.05, 0.1) is 0 Å². The van der Waals surface area contributed by atoms with Gasteiger partial charge in [-0.25, -0.2) is 0 Å². The molecule has 1 aromatic carbocycles. The summed E-state index contributed by atoms with van der Waals surface area (Å²) in [7, 11) is 0. The van der Waals surface area contributed by atoms with Crippen LogP contribution in [0.25, 0.3) is 0 Å². The zero-order valence-electron chi connectivity index (χ0n) is 10.2. The van der Waals surface area contributed by atoms with E-state index in [0.717, 1.165) is 32.4 Å². The molecule has 0 saturated heterocycles. The predicted octanol–water partition coefficient (Wildman–Crippen LogP) is 1.70. The third-order valence-electron chi connectivity index (χ3n) is 3.30. The third-order valence-corrected chi connectivity index (χ3v) is 3.30. The summed E-state index contributed by atoms with van der Waals surface area (Å²) in [6, 6.07) is 8.42. The topological polar surface area (TPSA) is 46.3 Å². The molecule has 2 rings (SSSR count). The Kier molecular flexibility index (Phi) is 4.15. The van der Waals surface area contributed by atoms with Gasteiger partial charge in [0, 0.05) is 19.5 Å². The van der Waals surface area contributed by atoms with Crippen molar-refractivity contribution in [3.05, 3.63) is 35.4 Å². The number of fused-ring (bicyclic) bond motifs is 1. The first-order valence-corrected chi connectivity index (χ1v) is 6.36. The number of nitrogens with zero attached hydrogens (tertiary/aromatic N) is 1. The first-order chi connectivity index (χ1) is 8.31. The van der Waals surface area contributed by atoms with Crippen molar-refractivity contribution in [1.29, 1.82) is 0 Å². The highest BCUT2D eigenvalue weighted by Gasteiger charge is 2.17. The molecule has 2 N–H and O–H groups in total. The second kappa shape index (κ2) is 5.82. The van der Waals surface area contributed by atoms with E-state index in [1.54, 1.807) is 0 Å². The molecule has 0 spiro atoms. The van der Waals surface area contributed by atoms with E-state index >= 15 is 0 Å². The molecular weight excluding hydrogens is 212 g/mol. The molecule has 3 heteroatoms. The van der Waals surface area contributed by atoms with Crippen molar-refractivity contribution in [1.82, 2.24) is 4.90 Å². The van der Waals surface area contributed by atoms with Gasteiger partial charge in [-0.15, -0.1) is 0 Å². The maximum Gasteiger partial charge on any atom is 0.222 e. The van der Waals surface area contributed by atoms with E-state index in [1.807, 2.05) is 11.0 Å². The van der Waals surface area contributed by atoms with E-state index in [9.17, 15) is 4.79 Å². The quantitative estimate of drug-likeness (QED) is 0.862. The van der Waals surface area contributed by atoms with Crippen molar-refractivity contribution in [3.63, 3.8) is 0 Å². The summed E-state index contributed by atoms with van der Waals surface area (Å²) < 4.78 is 0. The van der Waals surface area contributed by atoms with Gasteiger partial charge in [0.1, 0.15) is 0 Å². The fourth-order valence-electron chi connectivity index (χ4n) is 2.32. The normalized spacial score (nSPS) is 15.2. The second-order valence-corrected chi connectivity index (χ2v) is 4.58. The molecule has 0 aromatic heterocycles. The minimum atomic E-state index is 0.243. The largest absolute Gasteiger partial charge is 0.338 e. The van der Waals surface area contributed by atoms with Gasteiger partial charge in [-0.05, 0) is 36.9 Å². The Morgan fingerprint density at radius 2 is 2.06 bits per heavy atom. The van der Waals surface area contributed by atoms with E-state index in [0.29, 0.717) is 13.0 Å². The van der Waals surface area contributed by atoms with Crippen molar-refractivity contribution in [2.24, 2.45) is 5.73 Å². The van der Waals surface area contributed by atoms with E-state index in [-0.39, 0.29) is 5.91 Å². The van der Waals surface area contributed by atoms with Gasteiger partial charge in [-0.3, -0.25) is 4.79 Å². The van der Waals surface area contributed by atoms with Gasteiger partial charge in [0.15, 0.2) is 0 Å². The first kappa shape index (κ1) is 12.1. The number of benzene rings is 1. The molecule has 0 unspecified atom stereocenters. The van der Waals surface area contributed by atoms with Gasteiger partial charge >= 0.3 is 0 Å². The van der Waals surface area contributed by atoms with Gasteiger partial charge in [-0.2, -0.15) is 0 Å². The van der Waals surface area contributed by atoms with Crippen LogP contribution in [-0.2, 0) is 17.8 Å². The monoisotopic (exact) mass is 232 g/mol. The summed E-state index contributed by atoms with van der Waals surface area (Å²) in [6.07, 6.45) is 3.51. The predicted molar refractivity (Wildman–Crippen MR) is 68.5 cm³/mol. The van der Waals surface area contributed by atoms with Crippen LogP contribution in [-0.4, -0.2) is 23.9 Å². The Morgan fingerprint density at radius 1 is 1.29 bits per heavy atom. The number of nitrogens with two attached hydrogens (primary N) is 1. The Hall–Kier alpha value is -1.35. The summed E-state index contributed by atoms with van der Waals surface area (Å²) in [5.74, 6) is 0.243. The summed E-state index contributed by atoms with van der Waals surface area (Å²) in [4.78, 5) is 14.0. The first-order valence-electron chi connectivity index (χ1n) is 6.36. The second-order valence-electron chi connectivity index (χ2n) is 4.58. The number of carbonyl (C=O) groups is 1. The summed E-state index contributed by atoms with van der Waals surface area (Å²) in [5, 5.41) is 0. The fraction of sp³-hybridized carbons (Fsp3) is 0.500. The van der Waals surface area contributed by atoms with E-state index in [2.05, 4.69) is 18.2 Å². The zero-order chi connectivity index (χ0) is 12.1. The zero-order valence-corrected chi connectivity index (χ0v) is 10.2. The van der Waals surface area contributed by atoms with Gasteiger partial charge in [0.2, 0.25) is 5.91 Å². The molecule has 1 aliphatic rings. The summed E-state index contributed by atoms with van der Waals surface area (Å²) in [6.45, 7) is 2.23. The number of hydrogen-bond acceptors (Lipinski definition) is 2. The molecule has 1 aromatic rings. The molecule has 1 aliphatic heterocycles. The Balaban J connectivity index is 2.05. The molecule has 92 valence electrons. The van der Waals surface area contributed by atoms with Crippen molar-refractivity contribution in [2.45, 2.75) is 32.2 Å². The Labute approximate surface area is 103 Å². The number of hydrogen-bond donors (Lipinski definition) is 1. The lowest BCUT2D eigenvalue weighted by Gasteiger charge is -2.20. The summed E-state index contributed by atoms with van der Waals surface area (Å²) in [5.41, 5.74) is 8.13. The minimum absolute atomic E-state index is 0.243. The SMILES string of the molecule is NCCCC(=O)N1CCCc2ccccc2C1. The van der Waals surface area contributed by atoms with Crippen LogP contribution in [0.2, 0.25) is 0 Å². The van der Waals surface area contributed by atoms with Gasteiger partial charge in [-0.1, -0.05) is 24.3 Å². The Morgan fingerprint density at radius 3 is 2.82 bits per heavy atom. The van der Waals surface area contributed by atoms with Gasteiger partial charge in [0.25, 0.3) is 0 Å². The Bertz CT molecular complexity index is 390. The molecule has 1 amide bonds. The maximum absolute atomic E-state index is 12.0. The van der Waals surface area contributed by atoms with E-state index in [4.69, 9.17) is 5.73 Å². The molecular formula is C14H20N2O. The van der Waals surface area contributed by atoms with Crippen molar-refractivity contribution < 1.29 is 4.79 Å². The number of carbonyl (C=O) groups excluding carboxylic acids is 1. The number of aryl methyl sites for hydroxylation is 1. The van der Waals surface area contributed by atoms with Crippen molar-refractivity contribution >= 4 is 5.91 Å².